The number of rotatable bonds is 3. The van der Waals surface area contributed by atoms with Gasteiger partial charge in [-0.2, -0.15) is 0 Å². The minimum Gasteiger partial charge on any atom is -0.311 e. The lowest BCUT2D eigenvalue weighted by Crippen LogP contribution is -2.26. The van der Waals surface area contributed by atoms with Crippen LogP contribution in [0.2, 0.25) is 5.02 Å². The quantitative estimate of drug-likeness (QED) is 0.729. The highest BCUT2D eigenvalue weighted by atomic mass is 35.5. The summed E-state index contributed by atoms with van der Waals surface area (Å²) in [7, 11) is 1.72. The van der Waals surface area contributed by atoms with Crippen LogP contribution in [0.3, 0.4) is 0 Å². The van der Waals surface area contributed by atoms with Crippen molar-refractivity contribution in [2.24, 2.45) is 0 Å². The molecule has 2 aromatic carbocycles. The predicted molar refractivity (Wildman–Crippen MR) is 91.7 cm³/mol. The molecule has 0 aliphatic carbocycles. The van der Waals surface area contributed by atoms with Crippen LogP contribution in [0.4, 0.5) is 5.69 Å². The van der Waals surface area contributed by atoms with Crippen molar-refractivity contribution in [2.75, 3.05) is 11.9 Å². The van der Waals surface area contributed by atoms with Gasteiger partial charge in [0.15, 0.2) is 5.82 Å². The lowest BCUT2D eigenvalue weighted by Gasteiger charge is -2.17. The van der Waals surface area contributed by atoms with Gasteiger partial charge in [-0.15, -0.1) is 0 Å². The molecule has 1 amide bonds. The van der Waals surface area contributed by atoms with Gasteiger partial charge in [-0.3, -0.25) is 4.79 Å². The van der Waals surface area contributed by atoms with E-state index in [0.717, 1.165) is 11.3 Å². The van der Waals surface area contributed by atoms with Crippen LogP contribution >= 0.6 is 11.6 Å². The molecular formula is C18H14ClN3O. The number of nitrogens with zero attached hydrogens (tertiary/aromatic N) is 3. The number of benzene rings is 2. The van der Waals surface area contributed by atoms with Crippen molar-refractivity contribution in [1.29, 1.82) is 0 Å². The smallest absolute Gasteiger partial charge is 0.261 e. The summed E-state index contributed by atoms with van der Waals surface area (Å²) in [4.78, 5) is 22.6. The summed E-state index contributed by atoms with van der Waals surface area (Å²) >= 11 is 6.14. The van der Waals surface area contributed by atoms with E-state index < -0.39 is 0 Å². The number of hydrogen-bond acceptors (Lipinski definition) is 3. The van der Waals surface area contributed by atoms with Gasteiger partial charge in [0.05, 0.1) is 10.6 Å². The summed E-state index contributed by atoms with van der Waals surface area (Å²) in [5.41, 5.74) is 1.98. The van der Waals surface area contributed by atoms with Gasteiger partial charge in [-0.1, -0.05) is 41.9 Å². The van der Waals surface area contributed by atoms with E-state index in [9.17, 15) is 4.79 Å². The van der Waals surface area contributed by atoms with E-state index in [0.29, 0.717) is 16.4 Å². The van der Waals surface area contributed by atoms with Crippen molar-refractivity contribution in [1.82, 2.24) is 9.97 Å². The van der Waals surface area contributed by atoms with Gasteiger partial charge >= 0.3 is 0 Å². The van der Waals surface area contributed by atoms with Crippen LogP contribution in [0, 0.1) is 0 Å². The van der Waals surface area contributed by atoms with Crippen molar-refractivity contribution in [3.63, 3.8) is 0 Å². The average Bonchev–Trinajstić information content (AvgIpc) is 2.62. The Kier molecular flexibility index (Phi) is 4.35. The number of hydrogen-bond donors (Lipinski definition) is 0. The molecule has 0 aliphatic heterocycles. The molecule has 0 spiro atoms. The molecule has 23 heavy (non-hydrogen) atoms. The van der Waals surface area contributed by atoms with E-state index in [2.05, 4.69) is 9.97 Å². The zero-order valence-electron chi connectivity index (χ0n) is 12.5. The molecule has 0 bridgehead atoms. The van der Waals surface area contributed by atoms with Crippen molar-refractivity contribution in [2.45, 2.75) is 0 Å². The van der Waals surface area contributed by atoms with E-state index in [1.807, 2.05) is 48.5 Å². The van der Waals surface area contributed by atoms with Crippen LogP contribution in [-0.4, -0.2) is 22.9 Å². The highest BCUT2D eigenvalue weighted by molar-refractivity contribution is 6.33. The second-order valence-electron chi connectivity index (χ2n) is 4.97. The molecule has 0 atom stereocenters. The van der Waals surface area contributed by atoms with E-state index in [4.69, 9.17) is 11.6 Å². The Morgan fingerprint density at radius 1 is 0.957 bits per heavy atom. The Hall–Kier alpha value is -2.72. The SMILES string of the molecule is CN(C(=O)c1cnc(-c2ccccc2Cl)nc1)c1ccccc1. The molecule has 114 valence electrons. The Morgan fingerprint density at radius 2 is 1.57 bits per heavy atom. The third-order valence-corrected chi connectivity index (χ3v) is 3.79. The Labute approximate surface area is 139 Å². The maximum absolute atomic E-state index is 12.5. The number of halogens is 1. The van der Waals surface area contributed by atoms with Crippen molar-refractivity contribution >= 4 is 23.2 Å². The fourth-order valence-corrected chi connectivity index (χ4v) is 2.40. The number of anilines is 1. The van der Waals surface area contributed by atoms with Gasteiger partial charge in [-0.05, 0) is 24.3 Å². The van der Waals surface area contributed by atoms with Gasteiger partial charge in [0.25, 0.3) is 5.91 Å². The molecule has 0 N–H and O–H groups in total. The van der Waals surface area contributed by atoms with Crippen LogP contribution in [-0.2, 0) is 0 Å². The fraction of sp³-hybridized carbons (Fsp3) is 0.0556. The third kappa shape index (κ3) is 3.22. The molecule has 0 unspecified atom stereocenters. The summed E-state index contributed by atoms with van der Waals surface area (Å²) in [6, 6.07) is 16.8. The van der Waals surface area contributed by atoms with E-state index in [-0.39, 0.29) is 5.91 Å². The van der Waals surface area contributed by atoms with Gasteiger partial charge < -0.3 is 4.90 Å². The molecule has 0 fully saturated rings. The summed E-state index contributed by atoms with van der Waals surface area (Å²) < 4.78 is 0. The lowest BCUT2D eigenvalue weighted by molar-refractivity contribution is 0.0992. The van der Waals surface area contributed by atoms with Gasteiger partial charge in [-0.25, -0.2) is 9.97 Å². The summed E-state index contributed by atoms with van der Waals surface area (Å²) in [6.07, 6.45) is 3.04. The highest BCUT2D eigenvalue weighted by Gasteiger charge is 2.15. The second-order valence-corrected chi connectivity index (χ2v) is 5.38. The first-order chi connectivity index (χ1) is 11.2. The number of para-hydroxylation sites is 1. The van der Waals surface area contributed by atoms with E-state index in [1.165, 1.54) is 12.4 Å². The average molecular weight is 324 g/mol. The number of amides is 1. The van der Waals surface area contributed by atoms with Crippen LogP contribution in [0.1, 0.15) is 10.4 Å². The van der Waals surface area contributed by atoms with Gasteiger partial charge in [0.1, 0.15) is 0 Å². The topological polar surface area (TPSA) is 46.1 Å². The summed E-state index contributed by atoms with van der Waals surface area (Å²) in [5.74, 6) is 0.330. The highest BCUT2D eigenvalue weighted by Crippen LogP contribution is 2.24. The van der Waals surface area contributed by atoms with Crippen molar-refractivity contribution in [3.8, 4) is 11.4 Å². The summed E-state index contributed by atoms with van der Waals surface area (Å²) in [5, 5.41) is 0.577. The molecule has 0 saturated carbocycles. The van der Waals surface area contributed by atoms with Crippen molar-refractivity contribution in [3.05, 3.63) is 77.6 Å². The standard InChI is InChI=1S/C18H14ClN3O/c1-22(14-7-3-2-4-8-14)18(23)13-11-20-17(21-12-13)15-9-5-6-10-16(15)19/h2-12H,1H3. The molecule has 0 aliphatic rings. The van der Waals surface area contributed by atoms with Gasteiger partial charge in [0.2, 0.25) is 0 Å². The maximum Gasteiger partial charge on any atom is 0.261 e. The zero-order chi connectivity index (χ0) is 16.2. The normalized spacial score (nSPS) is 10.3. The first-order valence-electron chi connectivity index (χ1n) is 7.07. The van der Waals surface area contributed by atoms with Crippen LogP contribution in [0.15, 0.2) is 67.0 Å². The third-order valence-electron chi connectivity index (χ3n) is 3.46. The van der Waals surface area contributed by atoms with Crippen LogP contribution in [0.25, 0.3) is 11.4 Å². The largest absolute Gasteiger partial charge is 0.311 e. The molecule has 4 nitrogen and oxygen atoms in total. The minimum atomic E-state index is -0.165. The monoisotopic (exact) mass is 323 g/mol. The number of carbonyl (C=O) groups is 1. The molecule has 1 heterocycles. The molecule has 3 aromatic rings. The first kappa shape index (κ1) is 15.2. The van der Waals surface area contributed by atoms with E-state index >= 15 is 0 Å². The minimum absolute atomic E-state index is 0.165. The molecule has 1 aromatic heterocycles. The first-order valence-corrected chi connectivity index (χ1v) is 7.44. The Bertz CT molecular complexity index is 819. The zero-order valence-corrected chi connectivity index (χ0v) is 13.2. The van der Waals surface area contributed by atoms with Crippen LogP contribution < -0.4 is 4.90 Å². The number of carbonyl (C=O) groups excluding carboxylic acids is 1. The van der Waals surface area contributed by atoms with E-state index in [1.54, 1.807) is 18.0 Å². The second kappa shape index (κ2) is 6.58. The molecule has 0 radical (unpaired) electrons. The Morgan fingerprint density at radius 3 is 2.22 bits per heavy atom. The number of aromatic nitrogens is 2. The lowest BCUT2D eigenvalue weighted by atomic mass is 10.2. The molecule has 5 heteroatoms. The fourth-order valence-electron chi connectivity index (χ4n) is 2.18. The van der Waals surface area contributed by atoms with Gasteiger partial charge in [0, 0.05) is 30.7 Å². The summed E-state index contributed by atoms with van der Waals surface area (Å²) in [6.45, 7) is 0. The molecular weight excluding hydrogens is 310 g/mol. The van der Waals surface area contributed by atoms with Crippen LogP contribution in [0.5, 0.6) is 0 Å². The molecule has 0 saturated heterocycles. The molecule has 3 rings (SSSR count). The maximum atomic E-state index is 12.5. The Balaban J connectivity index is 1.85. The predicted octanol–water partition coefficient (Wildman–Crippen LogP) is 4.07. The van der Waals surface area contributed by atoms with Crippen molar-refractivity contribution < 1.29 is 4.79 Å².